The maximum atomic E-state index is 13.7. The van der Waals surface area contributed by atoms with E-state index in [1.54, 1.807) is 36.3 Å². The molecule has 3 aromatic carbocycles. The van der Waals surface area contributed by atoms with E-state index < -0.39 is 6.03 Å². The number of carbonyl (C=O) groups excluding carboxylic acids is 2. The van der Waals surface area contributed by atoms with Crippen molar-refractivity contribution in [2.24, 2.45) is 0 Å². The zero-order valence-corrected chi connectivity index (χ0v) is 23.6. The normalized spacial score (nSPS) is 11.0. The monoisotopic (exact) mass is 584 g/mol. The molecule has 10 heteroatoms. The van der Waals surface area contributed by atoms with E-state index >= 15 is 0 Å². The Morgan fingerprint density at radius 3 is 2.52 bits per heavy atom. The smallest absolute Gasteiger partial charge is 0.322 e. The number of para-hydroxylation sites is 1. The van der Waals surface area contributed by atoms with Gasteiger partial charge in [0.1, 0.15) is 12.4 Å². The van der Waals surface area contributed by atoms with E-state index in [0.717, 1.165) is 22.0 Å². The van der Waals surface area contributed by atoms with Crippen molar-refractivity contribution < 1.29 is 18.7 Å². The van der Waals surface area contributed by atoms with Crippen molar-refractivity contribution in [3.05, 3.63) is 99.9 Å². The molecule has 0 atom stereocenters. The lowest BCUT2D eigenvalue weighted by atomic mass is 10.1. The number of hydrogen-bond donors (Lipinski definition) is 2. The second kappa shape index (κ2) is 14.2. The van der Waals surface area contributed by atoms with Crippen LogP contribution in [0.1, 0.15) is 17.5 Å². The van der Waals surface area contributed by atoms with Crippen molar-refractivity contribution in [2.45, 2.75) is 19.4 Å². The maximum Gasteiger partial charge on any atom is 0.322 e. The highest BCUT2D eigenvalue weighted by molar-refractivity contribution is 6.36. The van der Waals surface area contributed by atoms with Crippen molar-refractivity contribution in [3.8, 4) is 0 Å². The third-order valence-electron chi connectivity index (χ3n) is 6.53. The minimum absolute atomic E-state index is 0.157. The summed E-state index contributed by atoms with van der Waals surface area (Å²) < 4.78 is 18.7. The summed E-state index contributed by atoms with van der Waals surface area (Å²) in [7, 11) is 1.58. The molecule has 1 heterocycles. The summed E-state index contributed by atoms with van der Waals surface area (Å²) in [5.74, 6) is -0.582. The van der Waals surface area contributed by atoms with Gasteiger partial charge in [-0.25, -0.2) is 9.18 Å². The quantitative estimate of drug-likeness (QED) is 0.181. The molecule has 0 aliphatic heterocycles. The SMILES string of the molecule is COCCCN(CC(=O)N(CCc1c[nH]c2ccccc12)Cc1ccc(F)cc1)C(=O)Nc1ccc(Cl)cc1Cl. The first-order chi connectivity index (χ1) is 19.3. The van der Waals surface area contributed by atoms with Crippen LogP contribution in [0.2, 0.25) is 10.0 Å². The van der Waals surface area contributed by atoms with E-state index in [2.05, 4.69) is 10.3 Å². The summed E-state index contributed by atoms with van der Waals surface area (Å²) in [6.07, 6.45) is 3.09. The fourth-order valence-corrected chi connectivity index (χ4v) is 4.85. The minimum Gasteiger partial charge on any atom is -0.385 e. The highest BCUT2D eigenvalue weighted by Crippen LogP contribution is 2.26. The van der Waals surface area contributed by atoms with Crippen LogP contribution in [0.25, 0.3) is 10.9 Å². The van der Waals surface area contributed by atoms with Crippen molar-refractivity contribution in [1.29, 1.82) is 0 Å². The number of H-pyrrole nitrogens is 1. The Hall–Kier alpha value is -3.59. The summed E-state index contributed by atoms with van der Waals surface area (Å²) in [6, 6.07) is 18.4. The van der Waals surface area contributed by atoms with Crippen LogP contribution < -0.4 is 5.32 Å². The van der Waals surface area contributed by atoms with Crippen molar-refractivity contribution >= 4 is 51.7 Å². The topological polar surface area (TPSA) is 77.7 Å². The average molecular weight is 586 g/mol. The zero-order valence-electron chi connectivity index (χ0n) is 22.1. The molecule has 0 aliphatic rings. The molecular weight excluding hydrogens is 554 g/mol. The number of ether oxygens (including phenoxy) is 1. The van der Waals surface area contributed by atoms with Crippen LogP contribution >= 0.6 is 23.2 Å². The van der Waals surface area contributed by atoms with Gasteiger partial charge in [0, 0.05) is 55.5 Å². The van der Waals surface area contributed by atoms with Crippen LogP contribution in [-0.4, -0.2) is 60.1 Å². The molecular formula is C30H31Cl2FN4O3. The molecule has 0 aliphatic carbocycles. The van der Waals surface area contributed by atoms with Crippen LogP contribution in [0.4, 0.5) is 14.9 Å². The third kappa shape index (κ3) is 7.97. The van der Waals surface area contributed by atoms with E-state index in [-0.39, 0.29) is 24.8 Å². The molecule has 0 spiro atoms. The summed E-state index contributed by atoms with van der Waals surface area (Å²) >= 11 is 12.2. The number of hydrogen-bond acceptors (Lipinski definition) is 3. The van der Waals surface area contributed by atoms with Gasteiger partial charge in [0.05, 0.1) is 10.7 Å². The van der Waals surface area contributed by atoms with E-state index in [4.69, 9.17) is 27.9 Å². The van der Waals surface area contributed by atoms with Crippen LogP contribution in [0.15, 0.2) is 72.9 Å². The van der Waals surface area contributed by atoms with Crippen LogP contribution in [-0.2, 0) is 22.5 Å². The molecule has 4 rings (SSSR count). The number of amides is 3. The van der Waals surface area contributed by atoms with Crippen LogP contribution in [0.3, 0.4) is 0 Å². The number of aromatic nitrogens is 1. The molecule has 0 bridgehead atoms. The number of nitrogens with zero attached hydrogens (tertiary/aromatic N) is 2. The second-order valence-electron chi connectivity index (χ2n) is 9.37. The summed E-state index contributed by atoms with van der Waals surface area (Å²) in [5.41, 5.74) is 3.29. The standard InChI is InChI=1S/C30H31Cl2FN4O3/c1-40-16-4-14-37(30(39)35-28-12-9-23(31)17-26(28)32)20-29(38)36(19-21-7-10-24(33)11-8-21)15-13-22-18-34-27-6-3-2-5-25(22)27/h2-3,5-12,17-18,34H,4,13-16,19-20H2,1H3,(H,35,39). The molecule has 40 heavy (non-hydrogen) atoms. The molecule has 0 saturated heterocycles. The molecule has 2 N–H and O–H groups in total. The number of benzene rings is 3. The van der Waals surface area contributed by atoms with Gasteiger partial charge in [-0.05, 0) is 60.4 Å². The van der Waals surface area contributed by atoms with E-state index in [1.165, 1.54) is 23.1 Å². The van der Waals surface area contributed by atoms with Gasteiger partial charge in [-0.1, -0.05) is 53.5 Å². The van der Waals surface area contributed by atoms with Crippen LogP contribution in [0.5, 0.6) is 0 Å². The first kappa shape index (κ1) is 29.4. The van der Waals surface area contributed by atoms with Crippen LogP contribution in [0, 0.1) is 5.82 Å². The summed E-state index contributed by atoms with van der Waals surface area (Å²) in [6.45, 7) is 1.26. The van der Waals surface area contributed by atoms with Gasteiger partial charge in [0.15, 0.2) is 0 Å². The molecule has 1 aromatic heterocycles. The molecule has 7 nitrogen and oxygen atoms in total. The van der Waals surface area contributed by atoms with E-state index in [1.807, 2.05) is 30.5 Å². The molecule has 210 valence electrons. The fourth-order valence-electron chi connectivity index (χ4n) is 4.40. The average Bonchev–Trinajstić information content (AvgIpc) is 3.36. The lowest BCUT2D eigenvalue weighted by Crippen LogP contribution is -2.45. The zero-order chi connectivity index (χ0) is 28.5. The maximum absolute atomic E-state index is 13.7. The van der Waals surface area contributed by atoms with Gasteiger partial charge in [-0.15, -0.1) is 0 Å². The first-order valence-electron chi connectivity index (χ1n) is 12.9. The summed E-state index contributed by atoms with van der Waals surface area (Å²) in [4.78, 5) is 33.4. The van der Waals surface area contributed by atoms with Gasteiger partial charge < -0.3 is 24.8 Å². The molecule has 0 fully saturated rings. The molecule has 0 radical (unpaired) electrons. The van der Waals surface area contributed by atoms with E-state index in [9.17, 15) is 14.0 Å². The van der Waals surface area contributed by atoms with Gasteiger partial charge in [-0.2, -0.15) is 0 Å². The minimum atomic E-state index is -0.466. The number of nitrogens with one attached hydrogen (secondary N) is 2. The number of fused-ring (bicyclic) bond motifs is 1. The van der Waals surface area contributed by atoms with E-state index in [0.29, 0.717) is 48.3 Å². The number of carbonyl (C=O) groups is 2. The number of anilines is 1. The number of halogens is 3. The Bertz CT molecular complexity index is 1440. The third-order valence-corrected chi connectivity index (χ3v) is 7.08. The lowest BCUT2D eigenvalue weighted by molar-refractivity contribution is -0.132. The second-order valence-corrected chi connectivity index (χ2v) is 10.2. The number of rotatable bonds is 12. The predicted molar refractivity (Wildman–Crippen MR) is 157 cm³/mol. The first-order valence-corrected chi connectivity index (χ1v) is 13.7. The Morgan fingerprint density at radius 2 is 1.77 bits per heavy atom. The largest absolute Gasteiger partial charge is 0.385 e. The Kier molecular flexibility index (Phi) is 10.4. The summed E-state index contributed by atoms with van der Waals surface area (Å²) in [5, 5.41) is 4.61. The fraction of sp³-hybridized carbons (Fsp3) is 0.267. The van der Waals surface area contributed by atoms with Crippen molar-refractivity contribution in [1.82, 2.24) is 14.8 Å². The Morgan fingerprint density at radius 1 is 1.00 bits per heavy atom. The number of urea groups is 1. The Labute approximate surface area is 242 Å². The molecule has 3 amide bonds. The predicted octanol–water partition coefficient (Wildman–Crippen LogP) is 6.76. The number of methoxy groups -OCH3 is 1. The molecule has 4 aromatic rings. The van der Waals surface area contributed by atoms with Crippen molar-refractivity contribution in [2.75, 3.05) is 38.7 Å². The van der Waals surface area contributed by atoms with Gasteiger partial charge >= 0.3 is 6.03 Å². The van der Waals surface area contributed by atoms with Gasteiger partial charge in [0.2, 0.25) is 5.91 Å². The van der Waals surface area contributed by atoms with Gasteiger partial charge in [0.25, 0.3) is 0 Å². The molecule has 0 unspecified atom stereocenters. The highest BCUT2D eigenvalue weighted by atomic mass is 35.5. The van der Waals surface area contributed by atoms with Gasteiger partial charge in [-0.3, -0.25) is 4.79 Å². The number of aromatic amines is 1. The highest BCUT2D eigenvalue weighted by Gasteiger charge is 2.23. The Balaban J connectivity index is 1.52. The lowest BCUT2D eigenvalue weighted by Gasteiger charge is -2.28. The molecule has 0 saturated carbocycles. The van der Waals surface area contributed by atoms with Crippen molar-refractivity contribution in [3.63, 3.8) is 0 Å².